The van der Waals surface area contributed by atoms with E-state index in [1.54, 1.807) is 4.31 Å². The van der Waals surface area contributed by atoms with Crippen LogP contribution in [0.3, 0.4) is 0 Å². The van der Waals surface area contributed by atoms with Crippen LogP contribution < -0.4 is 4.72 Å². The van der Waals surface area contributed by atoms with Gasteiger partial charge in [-0.25, -0.2) is 0 Å². The molecular formula is C11H21BrN2O2S. The monoisotopic (exact) mass is 324 g/mol. The smallest absolute Gasteiger partial charge is 0.199 e. The average molecular weight is 325 g/mol. The minimum atomic E-state index is -3.23. The SMILES string of the molecule is O=S(=O)(NC1CCC(Br)CC1)N1CCCCC1. The van der Waals surface area contributed by atoms with Gasteiger partial charge in [0.1, 0.15) is 0 Å². The molecule has 100 valence electrons. The second-order valence-electron chi connectivity index (χ2n) is 5.03. The average Bonchev–Trinajstić information content (AvgIpc) is 2.33. The van der Waals surface area contributed by atoms with Gasteiger partial charge in [-0.15, -0.1) is 0 Å². The molecule has 1 aliphatic heterocycles. The van der Waals surface area contributed by atoms with Crippen LogP contribution in [0.15, 0.2) is 0 Å². The largest absolute Gasteiger partial charge is 0.279 e. The lowest BCUT2D eigenvalue weighted by molar-refractivity contribution is 0.331. The highest BCUT2D eigenvalue weighted by molar-refractivity contribution is 9.09. The van der Waals surface area contributed by atoms with E-state index in [1.165, 1.54) is 0 Å². The summed E-state index contributed by atoms with van der Waals surface area (Å²) in [5.74, 6) is 0. The fraction of sp³-hybridized carbons (Fsp3) is 1.00. The Bertz CT molecular complexity index is 333. The lowest BCUT2D eigenvalue weighted by atomic mass is 9.96. The molecule has 1 heterocycles. The Morgan fingerprint density at radius 2 is 1.59 bits per heavy atom. The fourth-order valence-electron chi connectivity index (χ4n) is 2.56. The molecule has 1 saturated carbocycles. The summed E-state index contributed by atoms with van der Waals surface area (Å²) in [6, 6.07) is 0.135. The highest BCUT2D eigenvalue weighted by Crippen LogP contribution is 2.25. The van der Waals surface area contributed by atoms with Crippen molar-refractivity contribution < 1.29 is 8.42 Å². The molecule has 1 saturated heterocycles. The highest BCUT2D eigenvalue weighted by atomic mass is 79.9. The number of hydrogen-bond acceptors (Lipinski definition) is 2. The second kappa shape index (κ2) is 5.99. The normalized spacial score (nSPS) is 32.5. The molecule has 2 fully saturated rings. The minimum Gasteiger partial charge on any atom is -0.199 e. The highest BCUT2D eigenvalue weighted by Gasteiger charge is 2.28. The molecule has 17 heavy (non-hydrogen) atoms. The van der Waals surface area contributed by atoms with Gasteiger partial charge in [-0.1, -0.05) is 22.4 Å². The van der Waals surface area contributed by atoms with Crippen molar-refractivity contribution in [1.29, 1.82) is 0 Å². The zero-order valence-electron chi connectivity index (χ0n) is 10.1. The van der Waals surface area contributed by atoms with Gasteiger partial charge in [-0.05, 0) is 38.5 Å². The molecule has 0 amide bonds. The Labute approximate surface area is 112 Å². The summed E-state index contributed by atoms with van der Waals surface area (Å²) >= 11 is 3.58. The summed E-state index contributed by atoms with van der Waals surface area (Å²) in [7, 11) is -3.23. The molecule has 0 radical (unpaired) electrons. The van der Waals surface area contributed by atoms with E-state index < -0.39 is 10.2 Å². The van der Waals surface area contributed by atoms with Crippen molar-refractivity contribution in [3.63, 3.8) is 0 Å². The van der Waals surface area contributed by atoms with Crippen molar-refractivity contribution in [2.24, 2.45) is 0 Å². The molecule has 2 aliphatic rings. The van der Waals surface area contributed by atoms with E-state index in [1.807, 2.05) is 0 Å². The maximum absolute atomic E-state index is 12.1. The van der Waals surface area contributed by atoms with Gasteiger partial charge < -0.3 is 0 Å². The van der Waals surface area contributed by atoms with E-state index in [0.717, 1.165) is 44.9 Å². The van der Waals surface area contributed by atoms with Crippen molar-refractivity contribution >= 4 is 26.1 Å². The van der Waals surface area contributed by atoms with Crippen molar-refractivity contribution in [3.8, 4) is 0 Å². The number of rotatable bonds is 3. The van der Waals surface area contributed by atoms with Crippen LogP contribution in [0.25, 0.3) is 0 Å². The van der Waals surface area contributed by atoms with Crippen LogP contribution in [0.2, 0.25) is 0 Å². The molecule has 0 bridgehead atoms. The molecule has 0 atom stereocenters. The van der Waals surface area contributed by atoms with Crippen molar-refractivity contribution in [2.75, 3.05) is 13.1 Å². The van der Waals surface area contributed by atoms with Gasteiger partial charge in [-0.3, -0.25) is 0 Å². The first kappa shape index (κ1) is 13.8. The maximum Gasteiger partial charge on any atom is 0.279 e. The quantitative estimate of drug-likeness (QED) is 0.807. The molecular weight excluding hydrogens is 304 g/mol. The van der Waals surface area contributed by atoms with Crippen molar-refractivity contribution in [1.82, 2.24) is 9.03 Å². The van der Waals surface area contributed by atoms with Crippen LogP contribution in [-0.4, -0.2) is 36.7 Å². The van der Waals surface area contributed by atoms with Crippen molar-refractivity contribution in [2.45, 2.75) is 55.8 Å². The molecule has 0 spiro atoms. The molecule has 0 aromatic heterocycles. The molecule has 6 heteroatoms. The maximum atomic E-state index is 12.1. The predicted molar refractivity (Wildman–Crippen MR) is 72.5 cm³/mol. The first-order valence-electron chi connectivity index (χ1n) is 6.49. The van der Waals surface area contributed by atoms with Gasteiger partial charge in [-0.2, -0.15) is 17.4 Å². The molecule has 4 nitrogen and oxygen atoms in total. The van der Waals surface area contributed by atoms with E-state index in [9.17, 15) is 8.42 Å². The van der Waals surface area contributed by atoms with Crippen LogP contribution >= 0.6 is 15.9 Å². The Hall–Kier alpha value is 0.350. The number of alkyl halides is 1. The lowest BCUT2D eigenvalue weighted by Gasteiger charge is -2.31. The molecule has 0 unspecified atom stereocenters. The molecule has 2 rings (SSSR count). The van der Waals surface area contributed by atoms with Gasteiger partial charge in [0.05, 0.1) is 0 Å². The molecule has 0 aromatic rings. The Balaban J connectivity index is 1.88. The summed E-state index contributed by atoms with van der Waals surface area (Å²) in [6.45, 7) is 1.37. The van der Waals surface area contributed by atoms with Crippen LogP contribution in [0.4, 0.5) is 0 Å². The molecule has 1 N–H and O–H groups in total. The Kier molecular flexibility index (Phi) is 4.86. The van der Waals surface area contributed by atoms with E-state index in [-0.39, 0.29) is 6.04 Å². The summed E-state index contributed by atoms with van der Waals surface area (Å²) in [6.07, 6.45) is 7.16. The van der Waals surface area contributed by atoms with Crippen LogP contribution in [0.5, 0.6) is 0 Å². The topological polar surface area (TPSA) is 49.4 Å². The number of piperidine rings is 1. The number of hydrogen-bond donors (Lipinski definition) is 1. The van der Waals surface area contributed by atoms with Gasteiger partial charge in [0.25, 0.3) is 10.2 Å². The third-order valence-corrected chi connectivity index (χ3v) is 6.22. The second-order valence-corrected chi connectivity index (χ2v) is 8.03. The third-order valence-electron chi connectivity index (χ3n) is 3.63. The van der Waals surface area contributed by atoms with Crippen LogP contribution in [0, 0.1) is 0 Å². The third kappa shape index (κ3) is 3.91. The van der Waals surface area contributed by atoms with Gasteiger partial charge >= 0.3 is 0 Å². The molecule has 0 aromatic carbocycles. The first-order valence-corrected chi connectivity index (χ1v) is 8.85. The Morgan fingerprint density at radius 1 is 1.00 bits per heavy atom. The molecule has 1 aliphatic carbocycles. The zero-order valence-corrected chi connectivity index (χ0v) is 12.5. The zero-order chi connectivity index (χ0) is 12.3. The van der Waals surface area contributed by atoms with Crippen LogP contribution in [-0.2, 0) is 10.2 Å². The first-order chi connectivity index (χ1) is 8.08. The van der Waals surface area contributed by atoms with E-state index in [0.29, 0.717) is 17.9 Å². The predicted octanol–water partition coefficient (Wildman–Crippen LogP) is 2.01. The summed E-state index contributed by atoms with van der Waals surface area (Å²) in [4.78, 5) is 0.568. The number of nitrogens with zero attached hydrogens (tertiary/aromatic N) is 1. The van der Waals surface area contributed by atoms with Crippen molar-refractivity contribution in [3.05, 3.63) is 0 Å². The van der Waals surface area contributed by atoms with E-state index in [2.05, 4.69) is 20.7 Å². The summed E-state index contributed by atoms with van der Waals surface area (Å²) in [5.41, 5.74) is 0. The van der Waals surface area contributed by atoms with E-state index >= 15 is 0 Å². The number of halogens is 1. The standard InChI is InChI=1S/C11H21BrN2O2S/c12-10-4-6-11(7-5-10)13-17(15,16)14-8-2-1-3-9-14/h10-11,13H,1-9H2. The summed E-state index contributed by atoms with van der Waals surface area (Å²) < 4.78 is 28.7. The van der Waals surface area contributed by atoms with Gasteiger partial charge in [0, 0.05) is 24.0 Å². The van der Waals surface area contributed by atoms with Gasteiger partial charge in [0.2, 0.25) is 0 Å². The fourth-order valence-corrected chi connectivity index (χ4v) is 4.63. The van der Waals surface area contributed by atoms with Crippen LogP contribution in [0.1, 0.15) is 44.9 Å². The number of nitrogens with one attached hydrogen (secondary N) is 1. The van der Waals surface area contributed by atoms with E-state index in [4.69, 9.17) is 0 Å². The Morgan fingerprint density at radius 3 is 2.18 bits per heavy atom. The lowest BCUT2D eigenvalue weighted by Crippen LogP contribution is -2.48. The van der Waals surface area contributed by atoms with Gasteiger partial charge in [0.15, 0.2) is 0 Å². The summed E-state index contributed by atoms with van der Waals surface area (Å²) in [5, 5.41) is 0. The minimum absolute atomic E-state index is 0.135.